The van der Waals surface area contributed by atoms with Crippen LogP contribution in [0.1, 0.15) is 27.7 Å². The van der Waals surface area contributed by atoms with Crippen molar-refractivity contribution in [2.75, 3.05) is 12.3 Å². The molecular weight excluding hydrogens is 340 g/mol. The summed E-state index contributed by atoms with van der Waals surface area (Å²) in [6.45, 7) is 0. The molecule has 0 aromatic carbocycles. The molecule has 0 saturated heterocycles. The lowest BCUT2D eigenvalue weighted by Gasteiger charge is -1.98. The predicted molar refractivity (Wildman–Crippen MR) is 80.3 cm³/mol. The zero-order chi connectivity index (χ0) is 16.3. The maximum atomic E-state index is 10.2. The quantitative estimate of drug-likeness (QED) is 0.300. The highest BCUT2D eigenvalue weighted by Crippen LogP contribution is 2.14. The van der Waals surface area contributed by atoms with Gasteiger partial charge in [0, 0.05) is 6.42 Å². The van der Waals surface area contributed by atoms with Crippen LogP contribution in [-0.2, 0) is 23.5 Å². The van der Waals surface area contributed by atoms with Gasteiger partial charge in [0.05, 0.1) is 6.42 Å². The second-order valence-electron chi connectivity index (χ2n) is 3.36. The molecule has 0 aromatic heterocycles. The molecule has 0 aliphatic carbocycles. The smallest absolute Gasteiger partial charge is 0.480 e. The van der Waals surface area contributed by atoms with Gasteiger partial charge in [-0.3, -0.25) is 9.59 Å². The number of carbonyl (C=O) groups is 3. The lowest BCUT2D eigenvalue weighted by Crippen LogP contribution is -2.30. The maximum absolute atomic E-state index is 10.2. The number of nitrogens with two attached hydrogens (primary N) is 1. The molecule has 6 N–H and O–H groups in total. The Morgan fingerprint density at radius 3 is 1.64 bits per heavy atom. The van der Waals surface area contributed by atoms with Crippen LogP contribution >= 0.6 is 16.1 Å². The van der Waals surface area contributed by atoms with Crippen LogP contribution in [0.4, 0.5) is 0 Å². The number of rotatable bonds is 8. The van der Waals surface area contributed by atoms with Gasteiger partial charge < -0.3 is 15.9 Å². The SMILES string of the molecule is C.C.N[C@@H](CC[P+](=O)O)C(=O)O.O=C(O)C(=O)CC[P+](=O)O. The van der Waals surface area contributed by atoms with Crippen molar-refractivity contribution in [3.63, 3.8) is 0 Å². The molecule has 0 bridgehead atoms. The summed E-state index contributed by atoms with van der Waals surface area (Å²) in [5.41, 5.74) is 5.03. The van der Waals surface area contributed by atoms with E-state index in [1.807, 2.05) is 0 Å². The minimum atomic E-state index is -2.39. The number of carboxylic acid groups (broad SMARTS) is 2. The maximum Gasteiger partial charge on any atom is 0.505 e. The Morgan fingerprint density at radius 2 is 1.36 bits per heavy atom. The van der Waals surface area contributed by atoms with Crippen molar-refractivity contribution in [1.82, 2.24) is 0 Å². The second kappa shape index (κ2) is 16.1. The summed E-state index contributed by atoms with van der Waals surface area (Å²) >= 11 is 0. The summed E-state index contributed by atoms with van der Waals surface area (Å²) in [7, 11) is -4.64. The van der Waals surface area contributed by atoms with Crippen LogP contribution in [0.15, 0.2) is 0 Å². The van der Waals surface area contributed by atoms with E-state index in [0.29, 0.717) is 0 Å². The lowest BCUT2D eigenvalue weighted by molar-refractivity contribution is -0.148. The fourth-order valence-corrected chi connectivity index (χ4v) is 1.57. The number of hydrogen-bond acceptors (Lipinski definition) is 6. The first kappa shape index (κ1) is 28.8. The van der Waals surface area contributed by atoms with E-state index in [1.165, 1.54) is 0 Å². The highest BCUT2D eigenvalue weighted by Gasteiger charge is 2.18. The van der Waals surface area contributed by atoms with Crippen LogP contribution < -0.4 is 5.73 Å². The molecule has 0 rings (SSSR count). The van der Waals surface area contributed by atoms with Gasteiger partial charge in [0.1, 0.15) is 6.04 Å². The number of Topliss-reactive ketones (excluding diaryl/α,β-unsaturated/α-hetero) is 1. The molecule has 0 amide bonds. The van der Waals surface area contributed by atoms with Crippen molar-refractivity contribution in [2.45, 2.75) is 33.7 Å². The number of hydrogen-bond donors (Lipinski definition) is 5. The van der Waals surface area contributed by atoms with Crippen LogP contribution in [0.2, 0.25) is 0 Å². The van der Waals surface area contributed by atoms with Crippen LogP contribution in [0.25, 0.3) is 0 Å². The van der Waals surface area contributed by atoms with Gasteiger partial charge in [-0.25, -0.2) is 4.79 Å². The molecule has 3 atom stereocenters. The average molecular weight is 363 g/mol. The Bertz CT molecular complexity index is 400. The Kier molecular flexibility index (Phi) is 21.0. The molecule has 10 nitrogen and oxygen atoms in total. The average Bonchev–Trinajstić information content (AvgIpc) is 2.33. The van der Waals surface area contributed by atoms with Gasteiger partial charge in [-0.15, -0.1) is 0 Å². The molecule has 0 aliphatic heterocycles. The highest BCUT2D eigenvalue weighted by atomic mass is 31.1. The molecular formula is C10H23NO9P2+2. The monoisotopic (exact) mass is 363 g/mol. The molecule has 22 heavy (non-hydrogen) atoms. The van der Waals surface area contributed by atoms with E-state index in [0.717, 1.165) is 0 Å². The summed E-state index contributed by atoms with van der Waals surface area (Å²) in [5.74, 6) is -3.73. The van der Waals surface area contributed by atoms with Gasteiger partial charge in [-0.2, -0.15) is 9.79 Å². The van der Waals surface area contributed by atoms with Gasteiger partial charge in [0.2, 0.25) is 5.78 Å². The zero-order valence-electron chi connectivity index (χ0n) is 10.2. The van der Waals surface area contributed by atoms with Gasteiger partial charge in [0.15, 0.2) is 12.3 Å². The molecule has 0 fully saturated rings. The van der Waals surface area contributed by atoms with E-state index in [1.54, 1.807) is 0 Å². The van der Waals surface area contributed by atoms with E-state index in [2.05, 4.69) is 0 Å². The highest BCUT2D eigenvalue weighted by molar-refractivity contribution is 7.38. The first-order chi connectivity index (χ1) is 9.07. The van der Waals surface area contributed by atoms with E-state index in [4.69, 9.17) is 25.7 Å². The Balaban J connectivity index is -0.000000135. The molecule has 12 heteroatoms. The van der Waals surface area contributed by atoms with Gasteiger partial charge in [0.25, 0.3) is 0 Å². The topological polar surface area (TPSA) is 192 Å². The molecule has 0 aliphatic rings. The zero-order valence-corrected chi connectivity index (χ0v) is 12.0. The molecule has 0 spiro atoms. The predicted octanol–water partition coefficient (Wildman–Crippen LogP) is 0.560. The van der Waals surface area contributed by atoms with Crippen molar-refractivity contribution in [2.24, 2.45) is 5.73 Å². The van der Waals surface area contributed by atoms with Crippen LogP contribution in [0.5, 0.6) is 0 Å². The first-order valence-electron chi connectivity index (χ1n) is 5.09. The van der Waals surface area contributed by atoms with Crippen molar-refractivity contribution >= 4 is 33.8 Å². The first-order valence-corrected chi connectivity index (χ1v) is 7.89. The summed E-state index contributed by atoms with van der Waals surface area (Å²) < 4.78 is 20.0. The van der Waals surface area contributed by atoms with Crippen molar-refractivity contribution in [3.05, 3.63) is 0 Å². The Hall–Kier alpha value is -1.31. The molecule has 0 heterocycles. The van der Waals surface area contributed by atoms with Crippen molar-refractivity contribution in [3.8, 4) is 0 Å². The van der Waals surface area contributed by atoms with E-state index >= 15 is 0 Å². The van der Waals surface area contributed by atoms with Crippen LogP contribution in [0.3, 0.4) is 0 Å². The standard InChI is InChI=1S/C4H8NO4P.C4H5O5P.2CH4/c2*5-3(4(6)7)1-2-10(8)9;;/h3H,1-2,5H2,(H-,6,7,8,9);1-2H2,(H-,6,7,8,9);2*1H4/p+2/t3-;;;/m0.../s1. The number of carboxylic acids is 2. The molecule has 130 valence electrons. The molecule has 0 saturated carbocycles. The third-order valence-electron chi connectivity index (χ3n) is 1.72. The van der Waals surface area contributed by atoms with E-state index < -0.39 is 39.8 Å². The van der Waals surface area contributed by atoms with Gasteiger partial charge in [-0.05, 0) is 9.13 Å². The largest absolute Gasteiger partial charge is 0.505 e. The lowest BCUT2D eigenvalue weighted by atomic mass is 10.2. The number of ketones is 1. The van der Waals surface area contributed by atoms with E-state index in [9.17, 15) is 23.5 Å². The van der Waals surface area contributed by atoms with E-state index in [-0.39, 0.29) is 40.0 Å². The van der Waals surface area contributed by atoms with Gasteiger partial charge >= 0.3 is 28.0 Å². The fraction of sp³-hybridized carbons (Fsp3) is 0.700. The van der Waals surface area contributed by atoms with Crippen molar-refractivity contribution in [1.29, 1.82) is 0 Å². The molecule has 0 radical (unpaired) electrons. The number of aliphatic carboxylic acids is 2. The van der Waals surface area contributed by atoms with Gasteiger partial charge in [-0.1, -0.05) is 14.9 Å². The third-order valence-corrected chi connectivity index (χ3v) is 2.96. The summed E-state index contributed by atoms with van der Waals surface area (Å²) in [4.78, 5) is 46.4. The van der Waals surface area contributed by atoms with Crippen LogP contribution in [0, 0.1) is 0 Å². The fourth-order valence-electron chi connectivity index (χ4n) is 0.677. The summed E-state index contributed by atoms with van der Waals surface area (Å²) in [5, 5.41) is 16.2. The summed E-state index contributed by atoms with van der Waals surface area (Å²) in [6.07, 6.45) is -0.661. The second-order valence-corrected chi connectivity index (χ2v) is 5.67. The minimum Gasteiger partial charge on any atom is -0.480 e. The summed E-state index contributed by atoms with van der Waals surface area (Å²) in [6, 6.07) is -1.02. The van der Waals surface area contributed by atoms with Crippen molar-refractivity contribution < 1.29 is 43.5 Å². The number of carbonyl (C=O) groups excluding carboxylic acids is 1. The van der Waals surface area contributed by atoms with Crippen LogP contribution in [-0.4, -0.2) is 56.1 Å². The minimum absolute atomic E-state index is 0. The molecule has 2 unspecified atom stereocenters. The normalized spacial score (nSPS) is 11.4. The Labute approximate surface area is 130 Å². The Morgan fingerprint density at radius 1 is 0.955 bits per heavy atom. The third kappa shape index (κ3) is 21.0. The molecule has 0 aromatic rings.